The highest BCUT2D eigenvalue weighted by Gasteiger charge is 2.20. The zero-order chi connectivity index (χ0) is 17.1. The Hall–Kier alpha value is -2.25. The number of aromatic nitrogens is 2. The van der Waals surface area contributed by atoms with Crippen molar-refractivity contribution in [3.05, 3.63) is 46.7 Å². The molecule has 7 heteroatoms. The van der Waals surface area contributed by atoms with Crippen LogP contribution in [0.25, 0.3) is 10.2 Å². The first-order chi connectivity index (χ1) is 11.5. The van der Waals surface area contributed by atoms with Crippen LogP contribution in [-0.4, -0.2) is 22.6 Å². The van der Waals surface area contributed by atoms with Crippen LogP contribution < -0.4 is 9.64 Å². The van der Waals surface area contributed by atoms with Crippen molar-refractivity contribution in [2.75, 3.05) is 11.4 Å². The molecule has 0 unspecified atom stereocenters. The second-order valence-electron chi connectivity index (χ2n) is 5.75. The van der Waals surface area contributed by atoms with Crippen LogP contribution in [0, 0.1) is 9.87 Å². The van der Waals surface area contributed by atoms with Gasteiger partial charge in [-0.05, 0) is 48.5 Å². The van der Waals surface area contributed by atoms with Crippen LogP contribution in [0.1, 0.15) is 13.8 Å². The number of hydrogen-bond donors (Lipinski definition) is 1. The average molecular weight is 359 g/mol. The lowest BCUT2D eigenvalue weighted by Gasteiger charge is -2.24. The fraction of sp³-hybridized carbons (Fsp3) is 0.235. The Labute approximate surface area is 148 Å². The van der Waals surface area contributed by atoms with E-state index < -0.39 is 6.09 Å². The minimum atomic E-state index is -0.409. The van der Waals surface area contributed by atoms with Crippen molar-refractivity contribution in [3.63, 3.8) is 0 Å². The summed E-state index contributed by atoms with van der Waals surface area (Å²) in [5.74, 6) is 0.775. The van der Waals surface area contributed by atoms with Gasteiger partial charge in [-0.3, -0.25) is 9.88 Å². The molecule has 124 valence electrons. The van der Waals surface area contributed by atoms with Gasteiger partial charge in [-0.25, -0.2) is 4.79 Å². The number of aromatic amines is 1. The number of rotatable bonds is 4. The first-order valence-corrected chi connectivity index (χ1v) is 8.77. The van der Waals surface area contributed by atoms with Crippen LogP contribution in [0.4, 0.5) is 10.5 Å². The summed E-state index contributed by atoms with van der Waals surface area (Å²) < 4.78 is 7.21. The molecule has 2 aromatic heterocycles. The highest BCUT2D eigenvalue weighted by atomic mass is 32.1. The zero-order valence-corrected chi connectivity index (χ0v) is 15.0. The van der Waals surface area contributed by atoms with Crippen molar-refractivity contribution in [2.45, 2.75) is 13.8 Å². The topological polar surface area (TPSA) is 58.2 Å². The minimum Gasteiger partial charge on any atom is -0.410 e. The van der Waals surface area contributed by atoms with Gasteiger partial charge in [0.1, 0.15) is 5.75 Å². The van der Waals surface area contributed by atoms with Gasteiger partial charge in [0.25, 0.3) is 0 Å². The first-order valence-electron chi connectivity index (χ1n) is 7.55. The standard InChI is InChI=1S/C17H17N3O2S2/c1-11(2)10-20(17(21)22-13-5-7-18-8-6-13)12-3-4-14-15(9-12)24-16(23)19-14/h3-9,11H,10H2,1-2H3,(H,19,23). The Morgan fingerprint density at radius 3 is 2.79 bits per heavy atom. The lowest BCUT2D eigenvalue weighted by Crippen LogP contribution is -2.36. The molecule has 0 saturated carbocycles. The molecule has 1 amide bonds. The maximum absolute atomic E-state index is 12.6. The highest BCUT2D eigenvalue weighted by Crippen LogP contribution is 2.27. The van der Waals surface area contributed by atoms with Gasteiger partial charge in [-0.2, -0.15) is 0 Å². The number of H-pyrrole nitrogens is 1. The Kier molecular flexibility index (Phi) is 4.92. The predicted octanol–water partition coefficient (Wildman–Crippen LogP) is 5.02. The number of carbonyl (C=O) groups excluding carboxylic acids is 1. The average Bonchev–Trinajstić information content (AvgIpc) is 2.92. The van der Waals surface area contributed by atoms with Crippen LogP contribution >= 0.6 is 23.6 Å². The van der Waals surface area contributed by atoms with E-state index in [4.69, 9.17) is 17.0 Å². The van der Waals surface area contributed by atoms with E-state index in [0.717, 1.165) is 19.9 Å². The number of ether oxygens (including phenoxy) is 1. The Morgan fingerprint density at radius 1 is 1.33 bits per heavy atom. The molecule has 0 fully saturated rings. The lowest BCUT2D eigenvalue weighted by atomic mass is 10.2. The summed E-state index contributed by atoms with van der Waals surface area (Å²) in [6, 6.07) is 9.11. The number of fused-ring (bicyclic) bond motifs is 1. The maximum Gasteiger partial charge on any atom is 0.419 e. The van der Waals surface area contributed by atoms with Crippen molar-refractivity contribution in [3.8, 4) is 5.75 Å². The monoisotopic (exact) mass is 359 g/mol. The molecule has 1 N–H and O–H groups in total. The quantitative estimate of drug-likeness (QED) is 0.665. The van der Waals surface area contributed by atoms with Gasteiger partial charge in [-0.15, -0.1) is 11.3 Å². The summed E-state index contributed by atoms with van der Waals surface area (Å²) in [6.45, 7) is 4.68. The summed E-state index contributed by atoms with van der Waals surface area (Å²) in [5, 5.41) is 0. The molecular formula is C17H17N3O2S2. The third-order valence-corrected chi connectivity index (χ3v) is 4.54. The van der Waals surface area contributed by atoms with Crippen molar-refractivity contribution in [2.24, 2.45) is 5.92 Å². The number of nitrogens with one attached hydrogen (secondary N) is 1. The molecule has 0 aliphatic rings. The van der Waals surface area contributed by atoms with Gasteiger partial charge in [0.15, 0.2) is 3.95 Å². The number of carbonyl (C=O) groups is 1. The van der Waals surface area contributed by atoms with Crippen molar-refractivity contribution in [1.82, 2.24) is 9.97 Å². The number of benzene rings is 1. The Bertz CT molecular complexity index is 903. The van der Waals surface area contributed by atoms with Crippen molar-refractivity contribution < 1.29 is 9.53 Å². The zero-order valence-electron chi connectivity index (χ0n) is 13.4. The molecule has 1 aromatic carbocycles. The SMILES string of the molecule is CC(C)CN(C(=O)Oc1ccncc1)c1ccc2[nH]c(=S)sc2c1. The fourth-order valence-electron chi connectivity index (χ4n) is 2.31. The van der Waals surface area contributed by atoms with E-state index in [1.165, 1.54) is 11.3 Å². The van der Waals surface area contributed by atoms with Crippen LogP contribution in [-0.2, 0) is 0 Å². The van der Waals surface area contributed by atoms with Crippen LogP contribution in [0.5, 0.6) is 5.75 Å². The van der Waals surface area contributed by atoms with E-state index >= 15 is 0 Å². The molecule has 3 rings (SSSR count). The lowest BCUT2D eigenvalue weighted by molar-refractivity contribution is 0.206. The van der Waals surface area contributed by atoms with E-state index in [1.807, 2.05) is 18.2 Å². The van der Waals surface area contributed by atoms with Gasteiger partial charge >= 0.3 is 6.09 Å². The minimum absolute atomic E-state index is 0.301. The molecule has 0 spiro atoms. The third kappa shape index (κ3) is 3.80. The predicted molar refractivity (Wildman–Crippen MR) is 99.5 cm³/mol. The highest BCUT2D eigenvalue weighted by molar-refractivity contribution is 7.73. The Morgan fingerprint density at radius 2 is 2.08 bits per heavy atom. The van der Waals surface area contributed by atoms with E-state index in [-0.39, 0.29) is 0 Å². The van der Waals surface area contributed by atoms with E-state index in [9.17, 15) is 4.79 Å². The number of pyridine rings is 1. The molecule has 2 heterocycles. The van der Waals surface area contributed by atoms with Crippen molar-refractivity contribution in [1.29, 1.82) is 0 Å². The summed E-state index contributed by atoms with van der Waals surface area (Å²) >= 11 is 6.67. The number of nitrogens with zero attached hydrogens (tertiary/aromatic N) is 2. The second kappa shape index (κ2) is 7.11. The second-order valence-corrected chi connectivity index (χ2v) is 7.47. The van der Waals surface area contributed by atoms with Crippen LogP contribution in [0.2, 0.25) is 0 Å². The molecule has 0 radical (unpaired) electrons. The largest absolute Gasteiger partial charge is 0.419 e. The van der Waals surface area contributed by atoms with Gasteiger partial charge in [0.2, 0.25) is 0 Å². The normalized spacial score (nSPS) is 11.0. The number of anilines is 1. The van der Waals surface area contributed by atoms with E-state index in [2.05, 4.69) is 23.8 Å². The number of amides is 1. The summed E-state index contributed by atoms with van der Waals surface area (Å²) in [4.78, 5) is 21.3. The third-order valence-electron chi connectivity index (χ3n) is 3.34. The van der Waals surface area contributed by atoms with Gasteiger partial charge in [0, 0.05) is 24.6 Å². The number of hydrogen-bond acceptors (Lipinski definition) is 5. The van der Waals surface area contributed by atoms with Crippen LogP contribution in [0.15, 0.2) is 42.7 Å². The van der Waals surface area contributed by atoms with E-state index in [0.29, 0.717) is 18.2 Å². The molecule has 0 aliphatic heterocycles. The van der Waals surface area contributed by atoms with Gasteiger partial charge in [0.05, 0.1) is 10.2 Å². The summed E-state index contributed by atoms with van der Waals surface area (Å²) in [7, 11) is 0. The van der Waals surface area contributed by atoms with Crippen LogP contribution in [0.3, 0.4) is 0 Å². The summed E-state index contributed by atoms with van der Waals surface area (Å²) in [5.41, 5.74) is 1.77. The van der Waals surface area contributed by atoms with E-state index in [1.54, 1.807) is 29.4 Å². The molecule has 0 aliphatic carbocycles. The molecule has 0 bridgehead atoms. The molecular weight excluding hydrogens is 342 g/mol. The molecule has 0 saturated heterocycles. The maximum atomic E-state index is 12.6. The molecule has 24 heavy (non-hydrogen) atoms. The smallest absolute Gasteiger partial charge is 0.410 e. The Balaban J connectivity index is 1.91. The molecule has 3 aromatic rings. The molecule has 0 atom stereocenters. The fourth-order valence-corrected chi connectivity index (χ4v) is 3.46. The molecule has 5 nitrogen and oxygen atoms in total. The summed E-state index contributed by atoms with van der Waals surface area (Å²) in [6.07, 6.45) is 2.77. The van der Waals surface area contributed by atoms with Gasteiger partial charge in [-0.1, -0.05) is 13.8 Å². The first kappa shape index (κ1) is 16.6. The number of thiazole rings is 1. The van der Waals surface area contributed by atoms with Crippen molar-refractivity contribution >= 4 is 45.6 Å². The van der Waals surface area contributed by atoms with Gasteiger partial charge < -0.3 is 9.72 Å².